The van der Waals surface area contributed by atoms with Crippen molar-refractivity contribution < 1.29 is 4.92 Å². The molecule has 0 aliphatic carbocycles. The molecule has 0 aromatic heterocycles. The molecule has 0 atom stereocenters. The normalized spacial score (nSPS) is 19.4. The molecule has 1 saturated heterocycles. The molecule has 18 heavy (non-hydrogen) atoms. The molecule has 1 rings (SSSR count). The molecule has 3 nitrogen and oxygen atoms in total. The van der Waals surface area contributed by atoms with Gasteiger partial charge in [-0.15, -0.1) is 23.5 Å². The van der Waals surface area contributed by atoms with Crippen molar-refractivity contribution in [3.63, 3.8) is 0 Å². The minimum atomic E-state index is -0.459. The molecule has 0 spiro atoms. The van der Waals surface area contributed by atoms with Gasteiger partial charge in [-0.05, 0) is 40.3 Å². The molecular formula is C10H12BrCl2NO2S2. The highest BCUT2D eigenvalue weighted by molar-refractivity contribution is 9.12. The van der Waals surface area contributed by atoms with Crippen molar-refractivity contribution in [1.82, 2.24) is 0 Å². The van der Waals surface area contributed by atoms with Crippen LogP contribution in [0.3, 0.4) is 0 Å². The molecule has 1 heterocycles. The highest BCUT2D eigenvalue weighted by Crippen LogP contribution is 2.40. The minimum absolute atomic E-state index is 0.0316. The van der Waals surface area contributed by atoms with E-state index in [2.05, 4.69) is 15.9 Å². The van der Waals surface area contributed by atoms with Gasteiger partial charge in [-0.3, -0.25) is 10.1 Å². The predicted octanol–water partition coefficient (Wildman–Crippen LogP) is 5.51. The van der Waals surface area contributed by atoms with Gasteiger partial charge in [0.25, 0.3) is 0 Å². The summed E-state index contributed by atoms with van der Waals surface area (Å²) in [4.78, 5) is 10.7. The van der Waals surface area contributed by atoms with Gasteiger partial charge in [0.05, 0.1) is 4.92 Å². The number of rotatable bonds is 2. The Morgan fingerprint density at radius 3 is 2.06 bits per heavy atom. The third-order valence-corrected chi connectivity index (χ3v) is 6.14. The molecule has 1 fully saturated rings. The van der Waals surface area contributed by atoms with E-state index in [0.717, 1.165) is 24.3 Å². The van der Waals surface area contributed by atoms with Crippen molar-refractivity contribution in [1.29, 1.82) is 0 Å². The van der Waals surface area contributed by atoms with Crippen LogP contribution in [-0.2, 0) is 0 Å². The number of thioether (sulfide) groups is 2. The van der Waals surface area contributed by atoms with Crippen molar-refractivity contribution in [3.8, 4) is 0 Å². The Morgan fingerprint density at radius 1 is 1.17 bits per heavy atom. The number of hydrogen-bond acceptors (Lipinski definition) is 4. The average molecular weight is 393 g/mol. The molecule has 0 amide bonds. The van der Waals surface area contributed by atoms with Gasteiger partial charge in [0, 0.05) is 0 Å². The van der Waals surface area contributed by atoms with E-state index in [1.807, 2.05) is 0 Å². The van der Waals surface area contributed by atoms with Crippen LogP contribution in [0.1, 0.15) is 25.7 Å². The Balaban J connectivity index is 3.06. The second-order valence-corrected chi connectivity index (χ2v) is 8.05. The van der Waals surface area contributed by atoms with Crippen molar-refractivity contribution in [3.05, 3.63) is 29.0 Å². The first-order valence-electron chi connectivity index (χ1n) is 5.39. The van der Waals surface area contributed by atoms with E-state index in [-0.39, 0.29) is 14.7 Å². The fourth-order valence-electron chi connectivity index (χ4n) is 1.40. The molecule has 0 unspecified atom stereocenters. The maximum absolute atomic E-state index is 11.2. The Labute approximate surface area is 133 Å². The monoisotopic (exact) mass is 391 g/mol. The van der Waals surface area contributed by atoms with Gasteiger partial charge >= 0.3 is 5.70 Å². The summed E-state index contributed by atoms with van der Waals surface area (Å²) in [5, 5.41) is 11.1. The van der Waals surface area contributed by atoms with Gasteiger partial charge in [-0.1, -0.05) is 36.0 Å². The smallest absolute Gasteiger partial charge is 0.258 e. The summed E-state index contributed by atoms with van der Waals surface area (Å²) in [5.74, 6) is 1.76. The largest absolute Gasteiger partial charge is 0.309 e. The van der Waals surface area contributed by atoms with Gasteiger partial charge in [0.1, 0.15) is 13.2 Å². The Morgan fingerprint density at radius 2 is 1.67 bits per heavy atom. The van der Waals surface area contributed by atoms with E-state index >= 15 is 0 Å². The number of allylic oxidation sites excluding steroid dienone is 1. The van der Waals surface area contributed by atoms with Crippen LogP contribution in [0.25, 0.3) is 0 Å². The first-order valence-corrected chi connectivity index (χ1v) is 8.91. The first-order chi connectivity index (χ1) is 8.54. The predicted molar refractivity (Wildman–Crippen MR) is 85.1 cm³/mol. The lowest BCUT2D eigenvalue weighted by molar-refractivity contribution is -0.419. The summed E-state index contributed by atoms with van der Waals surface area (Å²) < 4.78 is 0.730. The van der Waals surface area contributed by atoms with Crippen molar-refractivity contribution in [2.45, 2.75) is 25.7 Å². The molecule has 0 radical (unpaired) electrons. The SMILES string of the molecule is O=[N+]([O-])C(=C1SCCCCCCS1)/C(Cl)=C(/Cl)Br. The third kappa shape index (κ3) is 5.33. The maximum atomic E-state index is 11.2. The molecule has 0 saturated carbocycles. The van der Waals surface area contributed by atoms with E-state index in [4.69, 9.17) is 23.2 Å². The van der Waals surface area contributed by atoms with E-state index in [0.29, 0.717) is 4.24 Å². The fourth-order valence-corrected chi connectivity index (χ4v) is 4.48. The summed E-state index contributed by atoms with van der Waals surface area (Å²) in [6, 6.07) is 0. The van der Waals surface area contributed by atoms with Gasteiger partial charge in [-0.2, -0.15) is 0 Å². The van der Waals surface area contributed by atoms with E-state index in [1.165, 1.54) is 36.4 Å². The van der Waals surface area contributed by atoms with Gasteiger partial charge in [0.15, 0.2) is 0 Å². The Bertz CT molecular complexity index is 372. The molecule has 0 aromatic carbocycles. The number of nitrogens with zero attached hydrogens (tertiary/aromatic N) is 1. The summed E-state index contributed by atoms with van der Waals surface area (Å²) in [6.45, 7) is 0. The molecule has 102 valence electrons. The highest BCUT2D eigenvalue weighted by atomic mass is 79.9. The van der Waals surface area contributed by atoms with E-state index in [1.54, 1.807) is 0 Å². The van der Waals surface area contributed by atoms with Gasteiger partial charge in [0.2, 0.25) is 0 Å². The minimum Gasteiger partial charge on any atom is -0.258 e. The van der Waals surface area contributed by atoms with Crippen LogP contribution in [0, 0.1) is 10.1 Å². The zero-order valence-electron chi connectivity index (χ0n) is 9.46. The van der Waals surface area contributed by atoms with E-state index < -0.39 is 4.92 Å². The van der Waals surface area contributed by atoms with E-state index in [9.17, 15) is 10.1 Å². The fraction of sp³-hybridized carbons (Fsp3) is 0.600. The van der Waals surface area contributed by atoms with Crippen LogP contribution >= 0.6 is 62.7 Å². The average Bonchev–Trinajstić information content (AvgIpc) is 2.42. The number of halogens is 3. The van der Waals surface area contributed by atoms with Crippen LogP contribution < -0.4 is 0 Å². The first kappa shape index (κ1) is 16.7. The third-order valence-electron chi connectivity index (χ3n) is 2.25. The van der Waals surface area contributed by atoms with Crippen molar-refractivity contribution in [2.24, 2.45) is 0 Å². The second kappa shape index (κ2) is 8.74. The highest BCUT2D eigenvalue weighted by Gasteiger charge is 2.25. The summed E-state index contributed by atoms with van der Waals surface area (Å²) in [6.07, 6.45) is 4.50. The van der Waals surface area contributed by atoms with Crippen molar-refractivity contribution >= 4 is 62.7 Å². The zero-order chi connectivity index (χ0) is 13.5. The molecule has 1 aliphatic rings. The molecule has 1 aliphatic heterocycles. The molecule has 0 N–H and O–H groups in total. The van der Waals surface area contributed by atoms with Crippen molar-refractivity contribution in [2.75, 3.05) is 11.5 Å². The summed E-state index contributed by atoms with van der Waals surface area (Å²) in [5.41, 5.74) is -0.0876. The van der Waals surface area contributed by atoms with Gasteiger partial charge in [-0.25, -0.2) is 0 Å². The van der Waals surface area contributed by atoms with Crippen LogP contribution in [0.15, 0.2) is 18.9 Å². The van der Waals surface area contributed by atoms with Crippen LogP contribution in [0.4, 0.5) is 0 Å². The molecular weight excluding hydrogens is 381 g/mol. The Kier molecular flexibility index (Phi) is 8.11. The topological polar surface area (TPSA) is 43.1 Å². The zero-order valence-corrected chi connectivity index (χ0v) is 14.2. The second-order valence-electron chi connectivity index (χ2n) is 3.58. The lowest BCUT2D eigenvalue weighted by Crippen LogP contribution is -2.02. The lowest BCUT2D eigenvalue weighted by Gasteiger charge is -2.06. The molecule has 8 heteroatoms. The van der Waals surface area contributed by atoms with Crippen LogP contribution in [0.2, 0.25) is 0 Å². The lowest BCUT2D eigenvalue weighted by atomic mass is 10.2. The quantitative estimate of drug-likeness (QED) is 0.458. The number of nitro groups is 1. The maximum Gasteiger partial charge on any atom is 0.309 e. The summed E-state index contributed by atoms with van der Waals surface area (Å²) >= 11 is 17.6. The standard InChI is InChI=1S/C10H12BrCl2NO2S2/c11-9(13)7(12)8(14(15)16)10-17-5-3-1-2-4-6-18-10/h1-6H2/b9-7-. The molecule has 0 bridgehead atoms. The summed E-state index contributed by atoms with van der Waals surface area (Å²) in [7, 11) is 0. The Hall–Kier alpha value is 0.640. The van der Waals surface area contributed by atoms with Crippen LogP contribution in [-0.4, -0.2) is 16.4 Å². The molecule has 0 aromatic rings. The van der Waals surface area contributed by atoms with Crippen LogP contribution in [0.5, 0.6) is 0 Å². The number of hydrogen-bond donors (Lipinski definition) is 0. The van der Waals surface area contributed by atoms with Gasteiger partial charge < -0.3 is 0 Å².